The summed E-state index contributed by atoms with van der Waals surface area (Å²) in [5, 5.41) is 0. The van der Waals surface area contributed by atoms with Gasteiger partial charge in [0.25, 0.3) is 0 Å². The molecule has 1 fully saturated rings. The van der Waals surface area contributed by atoms with Crippen molar-refractivity contribution in [2.24, 2.45) is 5.73 Å². The molecule has 0 aromatic carbocycles. The van der Waals surface area contributed by atoms with Crippen LogP contribution >= 0.6 is 0 Å². The summed E-state index contributed by atoms with van der Waals surface area (Å²) in [6.07, 6.45) is 5.31. The largest absolute Gasteiger partial charge is 0.328 e. The third-order valence-electron chi connectivity index (χ3n) is 2.80. The summed E-state index contributed by atoms with van der Waals surface area (Å²) in [4.78, 5) is 2.58. The van der Waals surface area contributed by atoms with Gasteiger partial charge in [-0.2, -0.15) is 0 Å². The van der Waals surface area contributed by atoms with Gasteiger partial charge in [-0.05, 0) is 39.3 Å². The predicted molar refractivity (Wildman–Crippen MR) is 53.2 cm³/mol. The number of rotatable bonds is 3. The standard InChI is InChI=1S/C10H22N2/c1-3-12-7-5-4-6-10(12)8-9(2)11/h9-10H,3-8,11H2,1-2H3. The van der Waals surface area contributed by atoms with E-state index in [1.165, 1.54) is 38.8 Å². The van der Waals surface area contributed by atoms with E-state index in [-0.39, 0.29) is 0 Å². The van der Waals surface area contributed by atoms with Crippen LogP contribution < -0.4 is 5.73 Å². The highest BCUT2D eigenvalue weighted by molar-refractivity contribution is 4.78. The van der Waals surface area contributed by atoms with Crippen LogP contribution in [0.4, 0.5) is 0 Å². The van der Waals surface area contributed by atoms with Crippen molar-refractivity contribution in [3.63, 3.8) is 0 Å². The zero-order valence-corrected chi connectivity index (χ0v) is 8.42. The molecule has 0 radical (unpaired) electrons. The Morgan fingerprint density at radius 3 is 2.83 bits per heavy atom. The van der Waals surface area contributed by atoms with Gasteiger partial charge in [0.2, 0.25) is 0 Å². The van der Waals surface area contributed by atoms with Gasteiger partial charge < -0.3 is 10.6 Å². The fourth-order valence-corrected chi connectivity index (χ4v) is 2.17. The number of hydrogen-bond acceptors (Lipinski definition) is 2. The lowest BCUT2D eigenvalue weighted by Crippen LogP contribution is -2.42. The van der Waals surface area contributed by atoms with Crippen LogP contribution in [-0.2, 0) is 0 Å². The minimum Gasteiger partial charge on any atom is -0.328 e. The molecular weight excluding hydrogens is 148 g/mol. The van der Waals surface area contributed by atoms with Crippen molar-refractivity contribution in [3.8, 4) is 0 Å². The van der Waals surface area contributed by atoms with Crippen molar-refractivity contribution in [2.75, 3.05) is 13.1 Å². The van der Waals surface area contributed by atoms with Crippen LogP contribution in [-0.4, -0.2) is 30.1 Å². The number of hydrogen-bond donors (Lipinski definition) is 1. The number of piperidine rings is 1. The van der Waals surface area contributed by atoms with E-state index in [0.29, 0.717) is 6.04 Å². The molecular formula is C10H22N2. The molecule has 0 aromatic heterocycles. The van der Waals surface area contributed by atoms with E-state index < -0.39 is 0 Å². The van der Waals surface area contributed by atoms with E-state index in [1.54, 1.807) is 0 Å². The van der Waals surface area contributed by atoms with Gasteiger partial charge in [-0.25, -0.2) is 0 Å². The van der Waals surface area contributed by atoms with Gasteiger partial charge in [-0.1, -0.05) is 13.3 Å². The van der Waals surface area contributed by atoms with Crippen molar-refractivity contribution in [2.45, 2.75) is 51.6 Å². The Bertz CT molecular complexity index is 123. The minimum absolute atomic E-state index is 0.363. The molecule has 1 aliphatic rings. The maximum Gasteiger partial charge on any atom is 0.0110 e. The average molecular weight is 170 g/mol. The van der Waals surface area contributed by atoms with E-state index in [2.05, 4.69) is 18.7 Å². The zero-order chi connectivity index (χ0) is 8.97. The molecule has 0 aliphatic carbocycles. The molecule has 72 valence electrons. The monoisotopic (exact) mass is 170 g/mol. The molecule has 2 nitrogen and oxygen atoms in total. The topological polar surface area (TPSA) is 29.3 Å². The van der Waals surface area contributed by atoms with E-state index in [9.17, 15) is 0 Å². The average Bonchev–Trinajstić information content (AvgIpc) is 2.04. The Hall–Kier alpha value is -0.0800. The smallest absolute Gasteiger partial charge is 0.0110 e. The van der Waals surface area contributed by atoms with E-state index in [4.69, 9.17) is 5.73 Å². The highest BCUT2D eigenvalue weighted by Crippen LogP contribution is 2.19. The summed E-state index contributed by atoms with van der Waals surface area (Å²) >= 11 is 0. The summed E-state index contributed by atoms with van der Waals surface area (Å²) < 4.78 is 0. The predicted octanol–water partition coefficient (Wildman–Crippen LogP) is 1.60. The number of nitrogens with zero attached hydrogens (tertiary/aromatic N) is 1. The molecule has 12 heavy (non-hydrogen) atoms. The first-order chi connectivity index (χ1) is 5.74. The van der Waals surface area contributed by atoms with Gasteiger partial charge in [0, 0.05) is 12.1 Å². The molecule has 0 amide bonds. The molecule has 0 saturated carbocycles. The molecule has 2 N–H and O–H groups in total. The van der Waals surface area contributed by atoms with Gasteiger partial charge in [-0.3, -0.25) is 0 Å². The fourth-order valence-electron chi connectivity index (χ4n) is 2.17. The molecule has 0 spiro atoms. The van der Waals surface area contributed by atoms with Crippen molar-refractivity contribution in [1.29, 1.82) is 0 Å². The second-order valence-electron chi connectivity index (χ2n) is 3.99. The van der Waals surface area contributed by atoms with Gasteiger partial charge >= 0.3 is 0 Å². The van der Waals surface area contributed by atoms with E-state index in [0.717, 1.165) is 6.04 Å². The Morgan fingerprint density at radius 1 is 1.50 bits per heavy atom. The second kappa shape index (κ2) is 4.83. The van der Waals surface area contributed by atoms with Crippen LogP contribution in [0, 0.1) is 0 Å². The molecule has 0 aromatic rings. The van der Waals surface area contributed by atoms with Crippen LogP contribution in [0.2, 0.25) is 0 Å². The van der Waals surface area contributed by atoms with Gasteiger partial charge in [0.1, 0.15) is 0 Å². The maximum atomic E-state index is 5.81. The Labute approximate surface area is 76.1 Å². The maximum absolute atomic E-state index is 5.81. The molecule has 1 saturated heterocycles. The van der Waals surface area contributed by atoms with Crippen molar-refractivity contribution >= 4 is 0 Å². The molecule has 2 heteroatoms. The summed E-state index contributed by atoms with van der Waals surface area (Å²) in [5.41, 5.74) is 5.81. The molecule has 1 heterocycles. The highest BCUT2D eigenvalue weighted by Gasteiger charge is 2.21. The van der Waals surface area contributed by atoms with Crippen molar-refractivity contribution in [3.05, 3.63) is 0 Å². The van der Waals surface area contributed by atoms with Gasteiger partial charge in [0.05, 0.1) is 0 Å². The SMILES string of the molecule is CCN1CCCCC1CC(C)N. The quantitative estimate of drug-likeness (QED) is 0.697. The minimum atomic E-state index is 0.363. The van der Waals surface area contributed by atoms with Crippen molar-refractivity contribution < 1.29 is 0 Å². The lowest BCUT2D eigenvalue weighted by molar-refractivity contribution is 0.143. The van der Waals surface area contributed by atoms with E-state index >= 15 is 0 Å². The Balaban J connectivity index is 2.36. The Kier molecular flexibility index (Phi) is 4.02. The summed E-state index contributed by atoms with van der Waals surface area (Å²) in [6.45, 7) is 6.84. The van der Waals surface area contributed by atoms with Gasteiger partial charge in [-0.15, -0.1) is 0 Å². The van der Waals surface area contributed by atoms with Crippen LogP contribution in [0.25, 0.3) is 0 Å². The second-order valence-corrected chi connectivity index (χ2v) is 3.99. The summed E-state index contributed by atoms with van der Waals surface area (Å²) in [5.74, 6) is 0. The summed E-state index contributed by atoms with van der Waals surface area (Å²) in [7, 11) is 0. The van der Waals surface area contributed by atoms with Crippen molar-refractivity contribution in [1.82, 2.24) is 4.90 Å². The zero-order valence-electron chi connectivity index (χ0n) is 8.42. The first-order valence-corrected chi connectivity index (χ1v) is 5.23. The summed E-state index contributed by atoms with van der Waals surface area (Å²) in [6, 6.07) is 1.13. The first-order valence-electron chi connectivity index (χ1n) is 5.23. The van der Waals surface area contributed by atoms with Crippen LogP contribution in [0.15, 0.2) is 0 Å². The number of nitrogens with two attached hydrogens (primary N) is 1. The molecule has 2 atom stereocenters. The van der Waals surface area contributed by atoms with Gasteiger partial charge in [0.15, 0.2) is 0 Å². The number of likely N-dealkylation sites (tertiary alicyclic amines) is 1. The highest BCUT2D eigenvalue weighted by atomic mass is 15.2. The van der Waals surface area contributed by atoms with Crippen LogP contribution in [0.1, 0.15) is 39.5 Å². The first kappa shape index (κ1) is 10.0. The lowest BCUT2D eigenvalue weighted by Gasteiger charge is -2.35. The third-order valence-corrected chi connectivity index (χ3v) is 2.80. The lowest BCUT2D eigenvalue weighted by atomic mass is 9.97. The molecule has 2 unspecified atom stereocenters. The third kappa shape index (κ3) is 2.76. The van der Waals surface area contributed by atoms with Crippen LogP contribution in [0.3, 0.4) is 0 Å². The molecule has 1 rings (SSSR count). The molecule has 0 bridgehead atoms. The van der Waals surface area contributed by atoms with Crippen LogP contribution in [0.5, 0.6) is 0 Å². The fraction of sp³-hybridized carbons (Fsp3) is 1.00. The Morgan fingerprint density at radius 2 is 2.25 bits per heavy atom. The normalized spacial score (nSPS) is 28.8. The molecule has 1 aliphatic heterocycles. The van der Waals surface area contributed by atoms with E-state index in [1.807, 2.05) is 0 Å².